The van der Waals surface area contributed by atoms with Crippen LogP contribution in [0.25, 0.3) is 10.9 Å². The van der Waals surface area contributed by atoms with Crippen LogP contribution in [0.4, 0.5) is 0 Å². The summed E-state index contributed by atoms with van der Waals surface area (Å²) in [5.74, 6) is 0.950. The molecule has 138 valence electrons. The Morgan fingerprint density at radius 1 is 0.769 bits per heavy atom. The van der Waals surface area contributed by atoms with Gasteiger partial charge in [0.2, 0.25) is 0 Å². The maximum absolute atomic E-state index is 4.55. The molecule has 1 aliphatic carbocycles. The Labute approximate surface area is 157 Å². The van der Waals surface area contributed by atoms with E-state index in [1.54, 1.807) is 0 Å². The molecule has 5 rings (SSSR count). The quantitative estimate of drug-likeness (QED) is 0.823. The van der Waals surface area contributed by atoms with E-state index in [1.165, 1.54) is 68.7 Å². The van der Waals surface area contributed by atoms with Crippen molar-refractivity contribution in [3.63, 3.8) is 0 Å². The number of rotatable bonds is 2. The van der Waals surface area contributed by atoms with Crippen molar-refractivity contribution in [2.75, 3.05) is 0 Å². The van der Waals surface area contributed by atoms with E-state index in [-0.39, 0.29) is 0 Å². The van der Waals surface area contributed by atoms with Crippen molar-refractivity contribution in [3.8, 4) is 0 Å². The molecule has 3 fully saturated rings. The van der Waals surface area contributed by atoms with Gasteiger partial charge < -0.3 is 10.6 Å². The Morgan fingerprint density at radius 3 is 2.65 bits per heavy atom. The third-order valence-corrected chi connectivity index (χ3v) is 7.13. The number of hydrogen-bond donors (Lipinski definition) is 2. The zero-order valence-electron chi connectivity index (χ0n) is 15.7. The van der Waals surface area contributed by atoms with Gasteiger partial charge in [0, 0.05) is 35.8 Å². The van der Waals surface area contributed by atoms with Crippen LogP contribution in [0.15, 0.2) is 36.5 Å². The highest BCUT2D eigenvalue weighted by Gasteiger charge is 2.36. The average molecular weight is 350 g/mol. The number of nitrogens with zero attached hydrogens (tertiary/aromatic N) is 1. The Bertz CT molecular complexity index is 758. The molecule has 2 aliphatic heterocycles. The Kier molecular flexibility index (Phi) is 4.68. The van der Waals surface area contributed by atoms with E-state index in [0.717, 1.165) is 17.5 Å². The molecule has 2 saturated heterocycles. The molecule has 1 aromatic heterocycles. The van der Waals surface area contributed by atoms with Crippen molar-refractivity contribution in [2.45, 2.75) is 82.0 Å². The molecular weight excluding hydrogens is 318 g/mol. The molecule has 3 nitrogen and oxygen atoms in total. The smallest absolute Gasteiger partial charge is 0.0705 e. The van der Waals surface area contributed by atoms with Crippen LogP contribution < -0.4 is 10.6 Å². The molecule has 3 aliphatic rings. The fourth-order valence-corrected chi connectivity index (χ4v) is 5.69. The molecule has 2 aromatic rings. The summed E-state index contributed by atoms with van der Waals surface area (Å²) in [6.07, 6.45) is 14.3. The first kappa shape index (κ1) is 16.7. The number of piperidine rings is 2. The molecule has 1 saturated carbocycles. The zero-order valence-corrected chi connectivity index (χ0v) is 15.7. The summed E-state index contributed by atoms with van der Waals surface area (Å²) in [5, 5.41) is 9.30. The third kappa shape index (κ3) is 3.27. The van der Waals surface area contributed by atoms with Gasteiger partial charge in [-0.1, -0.05) is 31.0 Å². The van der Waals surface area contributed by atoms with Gasteiger partial charge in [-0.05, 0) is 68.6 Å². The van der Waals surface area contributed by atoms with E-state index >= 15 is 0 Å². The average Bonchev–Trinajstić information content (AvgIpc) is 2.73. The van der Waals surface area contributed by atoms with Crippen molar-refractivity contribution in [2.24, 2.45) is 5.92 Å². The summed E-state index contributed by atoms with van der Waals surface area (Å²) < 4.78 is 0. The van der Waals surface area contributed by atoms with Crippen LogP contribution >= 0.6 is 0 Å². The number of benzene rings is 1. The maximum atomic E-state index is 4.55. The molecule has 3 heterocycles. The van der Waals surface area contributed by atoms with Crippen molar-refractivity contribution >= 4 is 10.9 Å². The molecule has 5 atom stereocenters. The second-order valence-electron chi connectivity index (χ2n) is 8.71. The minimum atomic E-state index is 0.478. The van der Waals surface area contributed by atoms with Crippen LogP contribution in [-0.2, 0) is 0 Å². The standard InChI is InChI=1S/C23H31N3/c1-2-7-19-16(5-1)12-13-22(25-19)21-9-3-8-20(26-21)18-11-10-17-6-4-14-24-23(17)15-18/h4,6,10-11,14-16,19-22,25-26H,1-3,5,7-9,12-13H2. The number of nitrogens with one attached hydrogen (secondary N) is 2. The van der Waals surface area contributed by atoms with Crippen LogP contribution in [0.3, 0.4) is 0 Å². The lowest BCUT2D eigenvalue weighted by Gasteiger charge is -2.45. The molecule has 5 unspecified atom stereocenters. The Balaban J connectivity index is 1.29. The first-order chi connectivity index (χ1) is 12.9. The molecule has 3 heteroatoms. The highest BCUT2D eigenvalue weighted by Crippen LogP contribution is 2.35. The fourth-order valence-electron chi connectivity index (χ4n) is 5.69. The molecule has 26 heavy (non-hydrogen) atoms. The van der Waals surface area contributed by atoms with Crippen LogP contribution in [-0.4, -0.2) is 23.1 Å². The van der Waals surface area contributed by atoms with Crippen molar-refractivity contribution in [1.82, 2.24) is 15.6 Å². The van der Waals surface area contributed by atoms with Crippen LogP contribution in [0.5, 0.6) is 0 Å². The predicted octanol–water partition coefficient (Wildman–Crippen LogP) is 4.73. The van der Waals surface area contributed by atoms with Gasteiger partial charge >= 0.3 is 0 Å². The highest BCUT2D eigenvalue weighted by atomic mass is 15.1. The Morgan fingerprint density at radius 2 is 1.65 bits per heavy atom. The Hall–Kier alpha value is -1.45. The fraction of sp³-hybridized carbons (Fsp3) is 0.609. The summed E-state index contributed by atoms with van der Waals surface area (Å²) in [5.41, 5.74) is 2.53. The van der Waals surface area contributed by atoms with Gasteiger partial charge in [0.1, 0.15) is 0 Å². The van der Waals surface area contributed by atoms with Crippen molar-refractivity contribution < 1.29 is 0 Å². The monoisotopic (exact) mass is 349 g/mol. The first-order valence-electron chi connectivity index (χ1n) is 10.7. The maximum Gasteiger partial charge on any atom is 0.0705 e. The highest BCUT2D eigenvalue weighted by molar-refractivity contribution is 5.79. The third-order valence-electron chi connectivity index (χ3n) is 7.13. The van der Waals surface area contributed by atoms with Crippen LogP contribution in [0, 0.1) is 5.92 Å². The lowest BCUT2D eigenvalue weighted by atomic mass is 9.75. The largest absolute Gasteiger partial charge is 0.309 e. The number of aromatic nitrogens is 1. The second-order valence-corrected chi connectivity index (χ2v) is 8.71. The zero-order chi connectivity index (χ0) is 17.3. The van der Waals surface area contributed by atoms with E-state index in [4.69, 9.17) is 0 Å². The van der Waals surface area contributed by atoms with Crippen LogP contribution in [0.2, 0.25) is 0 Å². The van der Waals surface area contributed by atoms with Crippen molar-refractivity contribution in [3.05, 3.63) is 42.1 Å². The van der Waals surface area contributed by atoms with Gasteiger partial charge in [-0.2, -0.15) is 0 Å². The van der Waals surface area contributed by atoms with E-state index < -0.39 is 0 Å². The molecule has 1 aromatic carbocycles. The van der Waals surface area contributed by atoms with Gasteiger partial charge in [0.25, 0.3) is 0 Å². The summed E-state index contributed by atoms with van der Waals surface area (Å²) >= 11 is 0. The molecule has 0 spiro atoms. The topological polar surface area (TPSA) is 37.0 Å². The number of fused-ring (bicyclic) bond motifs is 2. The summed E-state index contributed by atoms with van der Waals surface area (Å²) in [6.45, 7) is 0. The first-order valence-corrected chi connectivity index (χ1v) is 10.7. The SMILES string of the molecule is c1cnc2cc(C3CCCC(C4CCC5CCCCC5N4)N3)ccc2c1. The van der Waals surface area contributed by atoms with Crippen molar-refractivity contribution in [1.29, 1.82) is 0 Å². The molecule has 0 bridgehead atoms. The molecule has 0 amide bonds. The molecule has 2 N–H and O–H groups in total. The van der Waals surface area contributed by atoms with Gasteiger partial charge in [-0.25, -0.2) is 0 Å². The van der Waals surface area contributed by atoms with E-state index in [2.05, 4.69) is 39.9 Å². The lowest BCUT2D eigenvalue weighted by molar-refractivity contribution is 0.139. The van der Waals surface area contributed by atoms with Gasteiger partial charge in [0.05, 0.1) is 5.52 Å². The van der Waals surface area contributed by atoms with Gasteiger partial charge in [-0.3, -0.25) is 4.98 Å². The number of pyridine rings is 1. The minimum absolute atomic E-state index is 0.478. The summed E-state index contributed by atoms with van der Waals surface area (Å²) in [7, 11) is 0. The summed E-state index contributed by atoms with van der Waals surface area (Å²) in [4.78, 5) is 4.55. The van der Waals surface area contributed by atoms with Crippen LogP contribution in [0.1, 0.15) is 69.4 Å². The van der Waals surface area contributed by atoms with E-state index in [1.807, 2.05) is 12.3 Å². The molecule has 0 radical (unpaired) electrons. The van der Waals surface area contributed by atoms with Gasteiger partial charge in [0.15, 0.2) is 0 Å². The van der Waals surface area contributed by atoms with E-state index in [9.17, 15) is 0 Å². The summed E-state index contributed by atoms with van der Waals surface area (Å²) in [6, 6.07) is 13.5. The predicted molar refractivity (Wildman–Crippen MR) is 107 cm³/mol. The lowest BCUT2D eigenvalue weighted by Crippen LogP contribution is -2.58. The normalized spacial score (nSPS) is 35.2. The van der Waals surface area contributed by atoms with Gasteiger partial charge in [-0.15, -0.1) is 0 Å². The molecular formula is C23H31N3. The number of hydrogen-bond acceptors (Lipinski definition) is 3. The minimum Gasteiger partial charge on any atom is -0.309 e. The van der Waals surface area contributed by atoms with E-state index in [0.29, 0.717) is 18.1 Å². The second kappa shape index (κ2) is 7.28.